The van der Waals surface area contributed by atoms with E-state index in [1.165, 1.54) is 38.9 Å². The van der Waals surface area contributed by atoms with Crippen LogP contribution in [0, 0.1) is 5.92 Å². The monoisotopic (exact) mass is 226 g/mol. The first-order chi connectivity index (χ1) is 7.79. The van der Waals surface area contributed by atoms with Crippen molar-refractivity contribution < 1.29 is 4.74 Å². The standard InChI is InChI=1S/C13H26N2O/c1-3-4-13-10-15(7-6-14-13)9-12-5-8-16-11(12)2/h11-14H,3-10H2,1-2H3. The van der Waals surface area contributed by atoms with E-state index in [-0.39, 0.29) is 0 Å². The Hall–Kier alpha value is -0.120. The molecular weight excluding hydrogens is 200 g/mol. The third kappa shape index (κ3) is 3.19. The Morgan fingerprint density at radius 2 is 2.31 bits per heavy atom. The SMILES string of the molecule is CCCC1CN(CC2CCOC2C)CCN1. The first-order valence-electron chi connectivity index (χ1n) is 6.87. The van der Waals surface area contributed by atoms with Gasteiger partial charge >= 0.3 is 0 Å². The summed E-state index contributed by atoms with van der Waals surface area (Å²) in [5.74, 6) is 0.764. The third-order valence-corrected chi connectivity index (χ3v) is 4.00. The number of nitrogens with one attached hydrogen (secondary N) is 1. The van der Waals surface area contributed by atoms with Crippen molar-refractivity contribution in [2.45, 2.75) is 45.3 Å². The predicted octanol–water partition coefficient (Wildman–Crippen LogP) is 1.49. The summed E-state index contributed by atoms with van der Waals surface area (Å²) in [6.07, 6.45) is 4.32. The van der Waals surface area contributed by atoms with Gasteiger partial charge in [0.05, 0.1) is 6.10 Å². The maximum Gasteiger partial charge on any atom is 0.0588 e. The zero-order valence-corrected chi connectivity index (χ0v) is 10.7. The second-order valence-electron chi connectivity index (χ2n) is 5.32. The summed E-state index contributed by atoms with van der Waals surface area (Å²) in [6.45, 7) is 10.3. The van der Waals surface area contributed by atoms with E-state index in [1.54, 1.807) is 0 Å². The zero-order chi connectivity index (χ0) is 11.4. The van der Waals surface area contributed by atoms with E-state index in [9.17, 15) is 0 Å². The first kappa shape index (κ1) is 12.3. The summed E-state index contributed by atoms with van der Waals surface area (Å²) < 4.78 is 5.64. The number of hydrogen-bond donors (Lipinski definition) is 1. The number of piperazine rings is 1. The molecule has 0 aromatic rings. The van der Waals surface area contributed by atoms with Crippen LogP contribution < -0.4 is 5.32 Å². The van der Waals surface area contributed by atoms with Gasteiger partial charge in [0.2, 0.25) is 0 Å². The molecule has 3 heteroatoms. The Morgan fingerprint density at radius 1 is 1.44 bits per heavy atom. The molecule has 2 heterocycles. The van der Waals surface area contributed by atoms with E-state index in [2.05, 4.69) is 24.1 Å². The summed E-state index contributed by atoms with van der Waals surface area (Å²) in [5.41, 5.74) is 0. The largest absolute Gasteiger partial charge is 0.378 e. The van der Waals surface area contributed by atoms with Crippen molar-refractivity contribution in [3.8, 4) is 0 Å². The lowest BCUT2D eigenvalue weighted by molar-refractivity contribution is 0.0856. The molecule has 2 aliphatic heterocycles. The molecule has 0 aliphatic carbocycles. The summed E-state index contributed by atoms with van der Waals surface area (Å²) in [5, 5.41) is 3.61. The minimum absolute atomic E-state index is 0.472. The minimum Gasteiger partial charge on any atom is -0.378 e. The average molecular weight is 226 g/mol. The molecule has 2 saturated heterocycles. The normalized spacial score (nSPS) is 36.8. The maximum atomic E-state index is 5.64. The van der Waals surface area contributed by atoms with Crippen LogP contribution >= 0.6 is 0 Å². The fraction of sp³-hybridized carbons (Fsp3) is 1.00. The minimum atomic E-state index is 0.472. The number of nitrogens with zero attached hydrogens (tertiary/aromatic N) is 1. The van der Waals surface area contributed by atoms with Crippen molar-refractivity contribution in [2.75, 3.05) is 32.8 Å². The van der Waals surface area contributed by atoms with E-state index in [1.807, 2.05) is 0 Å². The fourth-order valence-electron chi connectivity index (χ4n) is 2.95. The van der Waals surface area contributed by atoms with Crippen molar-refractivity contribution in [1.29, 1.82) is 0 Å². The number of hydrogen-bond acceptors (Lipinski definition) is 3. The van der Waals surface area contributed by atoms with Crippen LogP contribution in [0.15, 0.2) is 0 Å². The highest BCUT2D eigenvalue weighted by atomic mass is 16.5. The van der Waals surface area contributed by atoms with Gasteiger partial charge in [-0.3, -0.25) is 0 Å². The van der Waals surface area contributed by atoms with Gasteiger partial charge in [-0.05, 0) is 25.7 Å². The van der Waals surface area contributed by atoms with E-state index in [4.69, 9.17) is 4.74 Å². The molecule has 3 nitrogen and oxygen atoms in total. The zero-order valence-electron chi connectivity index (χ0n) is 10.7. The number of rotatable bonds is 4. The molecule has 0 bridgehead atoms. The molecule has 0 aromatic carbocycles. The van der Waals surface area contributed by atoms with Crippen LogP contribution in [-0.4, -0.2) is 49.8 Å². The third-order valence-electron chi connectivity index (χ3n) is 4.00. The maximum absolute atomic E-state index is 5.64. The topological polar surface area (TPSA) is 24.5 Å². The van der Waals surface area contributed by atoms with Crippen LogP contribution in [0.3, 0.4) is 0 Å². The van der Waals surface area contributed by atoms with Crippen LogP contribution in [0.25, 0.3) is 0 Å². The van der Waals surface area contributed by atoms with Crippen molar-refractivity contribution in [3.05, 3.63) is 0 Å². The second-order valence-corrected chi connectivity index (χ2v) is 5.32. The van der Waals surface area contributed by atoms with Gasteiger partial charge in [0, 0.05) is 38.8 Å². The highest BCUT2D eigenvalue weighted by Crippen LogP contribution is 2.22. The molecule has 2 fully saturated rings. The molecule has 3 atom stereocenters. The Labute approximate surface area is 99.5 Å². The fourth-order valence-corrected chi connectivity index (χ4v) is 2.95. The average Bonchev–Trinajstić information content (AvgIpc) is 2.66. The van der Waals surface area contributed by atoms with Crippen molar-refractivity contribution in [2.24, 2.45) is 5.92 Å². The molecule has 2 aliphatic rings. The summed E-state index contributed by atoms with van der Waals surface area (Å²) in [4.78, 5) is 2.63. The smallest absolute Gasteiger partial charge is 0.0588 e. The van der Waals surface area contributed by atoms with Gasteiger partial charge in [0.15, 0.2) is 0 Å². The highest BCUT2D eigenvalue weighted by Gasteiger charge is 2.28. The molecule has 3 unspecified atom stereocenters. The molecule has 2 rings (SSSR count). The Kier molecular flexibility index (Phi) is 4.62. The summed E-state index contributed by atoms with van der Waals surface area (Å²) >= 11 is 0. The van der Waals surface area contributed by atoms with E-state index in [0.29, 0.717) is 6.10 Å². The van der Waals surface area contributed by atoms with E-state index in [0.717, 1.165) is 25.1 Å². The Morgan fingerprint density at radius 3 is 3.00 bits per heavy atom. The van der Waals surface area contributed by atoms with Crippen LogP contribution in [-0.2, 0) is 4.74 Å². The Balaban J connectivity index is 1.76. The van der Waals surface area contributed by atoms with Gasteiger partial charge in [0.25, 0.3) is 0 Å². The molecule has 1 N–H and O–H groups in total. The molecular formula is C13H26N2O. The van der Waals surface area contributed by atoms with Gasteiger partial charge in [-0.1, -0.05) is 13.3 Å². The van der Waals surface area contributed by atoms with Crippen molar-refractivity contribution in [1.82, 2.24) is 10.2 Å². The lowest BCUT2D eigenvalue weighted by Crippen LogP contribution is -2.52. The lowest BCUT2D eigenvalue weighted by Gasteiger charge is -2.35. The first-order valence-corrected chi connectivity index (χ1v) is 6.87. The predicted molar refractivity (Wildman–Crippen MR) is 66.7 cm³/mol. The van der Waals surface area contributed by atoms with Crippen molar-refractivity contribution >= 4 is 0 Å². The van der Waals surface area contributed by atoms with Gasteiger partial charge in [-0.15, -0.1) is 0 Å². The van der Waals surface area contributed by atoms with Gasteiger partial charge in [-0.2, -0.15) is 0 Å². The van der Waals surface area contributed by atoms with E-state index < -0.39 is 0 Å². The van der Waals surface area contributed by atoms with Crippen LogP contribution in [0.5, 0.6) is 0 Å². The molecule has 0 radical (unpaired) electrons. The molecule has 0 aromatic heterocycles. The molecule has 0 spiro atoms. The van der Waals surface area contributed by atoms with Gasteiger partial charge < -0.3 is 15.0 Å². The van der Waals surface area contributed by atoms with Crippen molar-refractivity contribution in [3.63, 3.8) is 0 Å². The van der Waals surface area contributed by atoms with E-state index >= 15 is 0 Å². The highest BCUT2D eigenvalue weighted by molar-refractivity contribution is 4.82. The summed E-state index contributed by atoms with van der Waals surface area (Å²) in [7, 11) is 0. The van der Waals surface area contributed by atoms with Gasteiger partial charge in [0.1, 0.15) is 0 Å². The second kappa shape index (κ2) is 5.99. The molecule has 0 saturated carbocycles. The van der Waals surface area contributed by atoms with Crippen LogP contribution in [0.1, 0.15) is 33.1 Å². The quantitative estimate of drug-likeness (QED) is 0.786. The number of ether oxygens (including phenoxy) is 1. The molecule has 94 valence electrons. The van der Waals surface area contributed by atoms with Crippen LogP contribution in [0.2, 0.25) is 0 Å². The lowest BCUT2D eigenvalue weighted by atomic mass is 10.0. The van der Waals surface area contributed by atoms with Crippen LogP contribution in [0.4, 0.5) is 0 Å². The Bertz CT molecular complexity index is 208. The molecule has 0 amide bonds. The molecule has 16 heavy (non-hydrogen) atoms. The van der Waals surface area contributed by atoms with Gasteiger partial charge in [-0.25, -0.2) is 0 Å². The summed E-state index contributed by atoms with van der Waals surface area (Å²) in [6, 6.07) is 0.719.